The molecule has 2 heterocycles. The molecule has 0 radical (unpaired) electrons. The molecule has 2 aromatic heterocycles. The standard InChI is InChI=1S/C17H24N2.ClHO4/c1-16-10-4-8-14-18(16)12-6-3-7-13-19-15-9-5-11-17(19)2;2-1(3,4)5/h4-5,8-11,14-15H,3,6-7,12-13H2,1-2H3;(H,2,3,4,5)/q+2;/p-1. The third-order valence-electron chi connectivity index (χ3n) is 3.63. The highest BCUT2D eigenvalue weighted by Crippen LogP contribution is 1.98. The molecule has 132 valence electrons. The Morgan fingerprint density at radius 1 is 0.708 bits per heavy atom. The molecule has 2 aromatic rings. The second-order valence-corrected chi connectivity index (χ2v) is 6.27. The summed E-state index contributed by atoms with van der Waals surface area (Å²) in [5, 5.41) is 0. The molecule has 6 nitrogen and oxygen atoms in total. The maximum absolute atomic E-state index is 8.49. The summed E-state index contributed by atoms with van der Waals surface area (Å²) in [6.07, 6.45) is 8.13. The van der Waals surface area contributed by atoms with Gasteiger partial charge in [-0.15, -0.1) is 10.2 Å². The third-order valence-corrected chi connectivity index (χ3v) is 3.63. The second kappa shape index (κ2) is 10.3. The number of pyridine rings is 2. The summed E-state index contributed by atoms with van der Waals surface area (Å²) in [5.41, 5.74) is 2.69. The lowest BCUT2D eigenvalue weighted by Crippen LogP contribution is -2.68. The fraction of sp³-hybridized carbons (Fsp3) is 0.412. The summed E-state index contributed by atoms with van der Waals surface area (Å²) >= 11 is 0. The summed E-state index contributed by atoms with van der Waals surface area (Å²) in [5.74, 6) is 0. The van der Waals surface area contributed by atoms with Gasteiger partial charge < -0.3 is 0 Å². The average Bonchev–Trinajstić information content (AvgIpc) is 2.49. The summed E-state index contributed by atoms with van der Waals surface area (Å²) < 4.78 is 38.6. The van der Waals surface area contributed by atoms with Gasteiger partial charge in [0, 0.05) is 51.0 Å². The zero-order chi connectivity index (χ0) is 18.0. The zero-order valence-corrected chi connectivity index (χ0v) is 14.8. The first-order chi connectivity index (χ1) is 11.3. The quantitative estimate of drug-likeness (QED) is 0.441. The molecule has 2 rings (SSSR count). The van der Waals surface area contributed by atoms with Crippen molar-refractivity contribution in [3.63, 3.8) is 0 Å². The monoisotopic (exact) mass is 355 g/mol. The number of halogens is 1. The molecule has 0 aliphatic heterocycles. The Morgan fingerprint density at radius 3 is 1.42 bits per heavy atom. The van der Waals surface area contributed by atoms with Crippen LogP contribution in [0.25, 0.3) is 0 Å². The Labute approximate surface area is 145 Å². The van der Waals surface area contributed by atoms with Crippen LogP contribution >= 0.6 is 0 Å². The van der Waals surface area contributed by atoms with Crippen LogP contribution in [0, 0.1) is 24.1 Å². The summed E-state index contributed by atoms with van der Waals surface area (Å²) in [6.45, 7) is 6.60. The highest BCUT2D eigenvalue weighted by Gasteiger charge is 2.06. The van der Waals surface area contributed by atoms with Gasteiger partial charge in [-0.1, -0.05) is 12.1 Å². The molecule has 0 N–H and O–H groups in total. The number of unbranched alkanes of at least 4 members (excludes halogenated alkanes) is 2. The van der Waals surface area contributed by atoms with Gasteiger partial charge in [0.25, 0.3) is 0 Å². The van der Waals surface area contributed by atoms with Gasteiger partial charge in [-0.2, -0.15) is 0 Å². The number of aryl methyl sites for hydroxylation is 4. The molecule has 0 amide bonds. The highest BCUT2D eigenvalue weighted by atomic mass is 35.7. The molecule has 0 aliphatic carbocycles. The molecule has 0 atom stereocenters. The van der Waals surface area contributed by atoms with Crippen LogP contribution in [0.3, 0.4) is 0 Å². The fourth-order valence-electron chi connectivity index (χ4n) is 2.37. The van der Waals surface area contributed by atoms with E-state index in [9.17, 15) is 0 Å². The lowest BCUT2D eigenvalue weighted by atomic mass is 10.2. The molecule has 0 unspecified atom stereocenters. The van der Waals surface area contributed by atoms with Crippen LogP contribution in [-0.4, -0.2) is 0 Å². The minimum Gasteiger partial charge on any atom is -0.222 e. The predicted octanol–water partition coefficient (Wildman–Crippen LogP) is -2.01. The van der Waals surface area contributed by atoms with E-state index in [1.807, 2.05) is 0 Å². The van der Waals surface area contributed by atoms with Gasteiger partial charge in [-0.25, -0.2) is 27.8 Å². The van der Waals surface area contributed by atoms with Crippen LogP contribution in [0.15, 0.2) is 48.8 Å². The van der Waals surface area contributed by atoms with Gasteiger partial charge in [0.05, 0.1) is 0 Å². The lowest BCUT2D eigenvalue weighted by Gasteiger charge is -2.17. The highest BCUT2D eigenvalue weighted by molar-refractivity contribution is 4.94. The van der Waals surface area contributed by atoms with E-state index >= 15 is 0 Å². The van der Waals surface area contributed by atoms with Gasteiger partial charge in [0.15, 0.2) is 23.8 Å². The summed E-state index contributed by atoms with van der Waals surface area (Å²) in [7, 11) is -4.94. The first-order valence-electron chi connectivity index (χ1n) is 7.79. The van der Waals surface area contributed by atoms with Crippen LogP contribution in [0.1, 0.15) is 30.7 Å². The van der Waals surface area contributed by atoms with Crippen molar-refractivity contribution in [2.75, 3.05) is 0 Å². The van der Waals surface area contributed by atoms with Crippen molar-refractivity contribution in [1.29, 1.82) is 0 Å². The van der Waals surface area contributed by atoms with E-state index in [1.165, 1.54) is 30.7 Å². The number of aromatic nitrogens is 2. The van der Waals surface area contributed by atoms with Crippen molar-refractivity contribution in [3.8, 4) is 0 Å². The first kappa shape index (κ1) is 20.5. The predicted molar refractivity (Wildman–Crippen MR) is 76.6 cm³/mol. The van der Waals surface area contributed by atoms with Crippen LogP contribution in [0.4, 0.5) is 0 Å². The largest absolute Gasteiger partial charge is 0.222 e. The molecule has 0 spiro atoms. The Kier molecular flexibility index (Phi) is 8.81. The molecule has 0 saturated carbocycles. The van der Waals surface area contributed by atoms with E-state index < -0.39 is 10.2 Å². The third kappa shape index (κ3) is 9.54. The second-order valence-electron chi connectivity index (χ2n) is 5.51. The van der Waals surface area contributed by atoms with Crippen LogP contribution in [0.5, 0.6) is 0 Å². The number of rotatable bonds is 6. The molecular formula is C17H24ClN2O4+. The molecule has 24 heavy (non-hydrogen) atoms. The van der Waals surface area contributed by atoms with Crippen molar-refractivity contribution in [1.82, 2.24) is 0 Å². The van der Waals surface area contributed by atoms with E-state index in [2.05, 4.69) is 71.8 Å². The Morgan fingerprint density at radius 2 is 1.08 bits per heavy atom. The van der Waals surface area contributed by atoms with E-state index in [0.29, 0.717) is 0 Å². The van der Waals surface area contributed by atoms with Crippen molar-refractivity contribution >= 4 is 0 Å². The smallest absolute Gasteiger partial charge is 0.178 e. The van der Waals surface area contributed by atoms with E-state index in [-0.39, 0.29) is 0 Å². The Bertz CT molecular complexity index is 564. The molecule has 0 fully saturated rings. The first-order valence-corrected chi connectivity index (χ1v) is 9.03. The van der Waals surface area contributed by atoms with Gasteiger partial charge in [-0.05, 0) is 6.42 Å². The molecule has 0 saturated heterocycles. The fourth-order valence-corrected chi connectivity index (χ4v) is 2.37. The van der Waals surface area contributed by atoms with E-state index in [0.717, 1.165) is 13.1 Å². The van der Waals surface area contributed by atoms with Crippen LogP contribution in [-0.2, 0) is 13.1 Å². The molecule has 0 aliphatic rings. The molecule has 0 aromatic carbocycles. The SMILES string of the molecule is Cc1cccc[n+]1CCCCC[n+]1ccccc1C.[O-][Cl+3]([O-])([O-])[O-]. The summed E-state index contributed by atoms with van der Waals surface area (Å²) in [4.78, 5) is 0. The molecular weight excluding hydrogens is 332 g/mol. The molecule has 7 heteroatoms. The Hall–Kier alpha value is -1.57. The zero-order valence-electron chi connectivity index (χ0n) is 14.1. The van der Waals surface area contributed by atoms with Crippen LogP contribution in [0.2, 0.25) is 0 Å². The van der Waals surface area contributed by atoms with Gasteiger partial charge in [0.2, 0.25) is 0 Å². The topological polar surface area (TPSA) is 100 Å². The van der Waals surface area contributed by atoms with E-state index in [4.69, 9.17) is 18.6 Å². The minimum atomic E-state index is -4.94. The van der Waals surface area contributed by atoms with Crippen molar-refractivity contribution in [2.24, 2.45) is 0 Å². The van der Waals surface area contributed by atoms with E-state index in [1.54, 1.807) is 0 Å². The number of nitrogens with zero attached hydrogens (tertiary/aromatic N) is 2. The summed E-state index contributed by atoms with van der Waals surface area (Å²) in [6, 6.07) is 12.8. The Balaban J connectivity index is 0.000000505. The van der Waals surface area contributed by atoms with Gasteiger partial charge >= 0.3 is 0 Å². The van der Waals surface area contributed by atoms with Gasteiger partial charge in [-0.3, -0.25) is 0 Å². The van der Waals surface area contributed by atoms with Crippen LogP contribution < -0.4 is 27.8 Å². The minimum absolute atomic E-state index is 1.13. The van der Waals surface area contributed by atoms with Gasteiger partial charge in [0.1, 0.15) is 13.1 Å². The van der Waals surface area contributed by atoms with Crippen molar-refractivity contribution < 1.29 is 38.0 Å². The number of hydrogen-bond acceptors (Lipinski definition) is 4. The number of hydrogen-bond donors (Lipinski definition) is 0. The maximum atomic E-state index is 8.49. The maximum Gasteiger partial charge on any atom is 0.178 e. The normalized spacial score (nSPS) is 10.9. The van der Waals surface area contributed by atoms with Crippen molar-refractivity contribution in [3.05, 3.63) is 60.2 Å². The van der Waals surface area contributed by atoms with Crippen molar-refractivity contribution in [2.45, 2.75) is 46.2 Å². The average molecular weight is 356 g/mol. The molecule has 0 bridgehead atoms. The lowest BCUT2D eigenvalue weighted by molar-refractivity contribution is -2.00.